The number of anilines is 1. The third-order valence-corrected chi connectivity index (χ3v) is 9.78. The molecule has 1 aliphatic heterocycles. The number of nitrogens with zero attached hydrogens (tertiary/aromatic N) is 5. The summed E-state index contributed by atoms with van der Waals surface area (Å²) in [6.45, 7) is 5.79. The van der Waals surface area contributed by atoms with Crippen LogP contribution in [0.5, 0.6) is 5.75 Å². The van der Waals surface area contributed by atoms with Crippen molar-refractivity contribution in [3.8, 4) is 5.75 Å². The molecule has 0 N–H and O–H groups in total. The van der Waals surface area contributed by atoms with Crippen LogP contribution in [0.15, 0.2) is 59.8 Å². The molecule has 1 saturated heterocycles. The fourth-order valence-corrected chi connectivity index (χ4v) is 6.96. The van der Waals surface area contributed by atoms with Gasteiger partial charge in [-0.3, -0.25) is 14.7 Å². The van der Waals surface area contributed by atoms with Gasteiger partial charge in [0.1, 0.15) is 11.8 Å². The number of hydrogen-bond donors (Lipinski definition) is 0. The number of ether oxygens (including phenoxy) is 1. The maximum atomic E-state index is 15.2. The van der Waals surface area contributed by atoms with E-state index >= 15 is 4.39 Å². The second-order valence-corrected chi connectivity index (χ2v) is 13.6. The molecule has 2 aliphatic rings. The maximum absolute atomic E-state index is 15.2. The van der Waals surface area contributed by atoms with Gasteiger partial charge in [0.15, 0.2) is 17.0 Å². The summed E-state index contributed by atoms with van der Waals surface area (Å²) in [5.41, 5.74) is 4.38. The molecule has 2 atom stereocenters. The average molecular weight is 750 g/mol. The quantitative estimate of drug-likeness (QED) is 0.0655. The van der Waals surface area contributed by atoms with Crippen LogP contribution >= 0.6 is 40.1 Å². The molecule has 232 valence electrons. The Bertz CT molecular complexity index is 1670. The minimum absolute atomic E-state index is 0.137. The third kappa shape index (κ3) is 7.53. The molecule has 3 aromatic heterocycles. The van der Waals surface area contributed by atoms with E-state index in [0.717, 1.165) is 55.7 Å². The fourth-order valence-electron chi connectivity index (χ4n) is 6.03. The first-order chi connectivity index (χ1) is 21.4. The highest BCUT2D eigenvalue weighted by atomic mass is 127. The molecule has 1 aromatic carbocycles. The van der Waals surface area contributed by atoms with E-state index < -0.39 is 5.82 Å². The van der Waals surface area contributed by atoms with Crippen molar-refractivity contribution in [1.29, 1.82) is 0 Å². The summed E-state index contributed by atoms with van der Waals surface area (Å²) in [5, 5.41) is 0.863. The van der Waals surface area contributed by atoms with E-state index in [2.05, 4.69) is 52.4 Å². The number of halogens is 3. The van der Waals surface area contributed by atoms with Crippen molar-refractivity contribution in [3.05, 3.63) is 93.0 Å². The second-order valence-electron chi connectivity index (χ2n) is 11.5. The number of pyridine rings is 3. The molecule has 6 rings (SSSR count). The van der Waals surface area contributed by atoms with Gasteiger partial charge in [-0.05, 0) is 90.5 Å². The van der Waals surface area contributed by atoms with Crippen LogP contribution in [-0.4, -0.2) is 51.8 Å². The summed E-state index contributed by atoms with van der Waals surface area (Å²) < 4.78 is 28.5. The number of benzene rings is 1. The predicted octanol–water partition coefficient (Wildman–Crippen LogP) is 7.24. The van der Waals surface area contributed by atoms with Crippen LogP contribution in [0.4, 0.5) is 10.1 Å². The zero-order chi connectivity index (χ0) is 30.6. The summed E-state index contributed by atoms with van der Waals surface area (Å²) in [4.78, 5) is 27.4. The van der Waals surface area contributed by atoms with Crippen molar-refractivity contribution >= 4 is 56.7 Å². The summed E-state index contributed by atoms with van der Waals surface area (Å²) in [7, 11) is 0. The minimum Gasteiger partial charge on any atom is -0.488 e. The van der Waals surface area contributed by atoms with Gasteiger partial charge in [0, 0.05) is 73.4 Å². The first-order valence-corrected chi connectivity index (χ1v) is 19.3. The minimum atomic E-state index is -0.533. The molecule has 0 bridgehead atoms. The van der Waals surface area contributed by atoms with Crippen LogP contribution in [0, 0.1) is 12.7 Å². The van der Waals surface area contributed by atoms with Crippen LogP contribution < -0.4 is 15.1 Å². The van der Waals surface area contributed by atoms with E-state index in [1.807, 2.05) is 43.7 Å². The van der Waals surface area contributed by atoms with Gasteiger partial charge in [-0.1, -0.05) is 11.6 Å². The van der Waals surface area contributed by atoms with Gasteiger partial charge in [0.05, 0.1) is 30.5 Å². The monoisotopic (exact) mass is 749 g/mol. The molecular formula is C32H35ClFIN5O3P. The highest BCUT2D eigenvalue weighted by molar-refractivity contribution is 14.2. The molecule has 2 fully saturated rings. The molecular weight excluding hydrogens is 715 g/mol. The molecule has 12 heteroatoms. The zero-order valence-corrected chi connectivity index (χ0v) is 28.4. The summed E-state index contributed by atoms with van der Waals surface area (Å²) in [6, 6.07) is 11.5. The standard InChI is InChI=1S/C32H35ClFIN5O3P/c1-21-13-22(8-9-36-21)17-39(26-3-2-10-38(20-26)25-6-7-31(33)37-16-25)18-23-19-40(24-4-5-24)29-15-30(42-11-12-43-44-35)28(34)14-27(29)32(23)41/h6-9,13-16,19,24,26,44H,2-5,10-12,17-18,20H2,1H3. The summed E-state index contributed by atoms with van der Waals surface area (Å²) in [5.74, 6) is -0.386. The Hall–Kier alpha value is -2.37. The molecule has 2 unspecified atom stereocenters. The van der Waals surface area contributed by atoms with Crippen LogP contribution in [-0.2, 0) is 17.6 Å². The second kappa shape index (κ2) is 14.4. The Morgan fingerprint density at radius 2 is 2.00 bits per heavy atom. The highest BCUT2D eigenvalue weighted by Gasteiger charge is 2.30. The fraction of sp³-hybridized carbons (Fsp3) is 0.406. The lowest BCUT2D eigenvalue weighted by Gasteiger charge is -2.40. The van der Waals surface area contributed by atoms with Crippen LogP contribution in [0.1, 0.15) is 48.5 Å². The zero-order valence-electron chi connectivity index (χ0n) is 24.5. The molecule has 1 saturated carbocycles. The van der Waals surface area contributed by atoms with Crippen molar-refractivity contribution in [3.63, 3.8) is 0 Å². The van der Waals surface area contributed by atoms with E-state index in [1.165, 1.54) is 6.07 Å². The molecule has 4 aromatic rings. The van der Waals surface area contributed by atoms with Gasteiger partial charge in [0.25, 0.3) is 0 Å². The van der Waals surface area contributed by atoms with Crippen molar-refractivity contribution in [1.82, 2.24) is 19.4 Å². The van der Waals surface area contributed by atoms with Gasteiger partial charge < -0.3 is 18.7 Å². The molecule has 4 heterocycles. The molecule has 0 amide bonds. The van der Waals surface area contributed by atoms with Crippen LogP contribution in [0.25, 0.3) is 10.9 Å². The van der Waals surface area contributed by atoms with Gasteiger partial charge >= 0.3 is 0 Å². The molecule has 0 radical (unpaired) electrons. The number of rotatable bonds is 12. The lowest BCUT2D eigenvalue weighted by atomic mass is 10.0. The van der Waals surface area contributed by atoms with Crippen molar-refractivity contribution in [2.75, 3.05) is 31.2 Å². The third-order valence-electron chi connectivity index (χ3n) is 8.31. The molecule has 8 nitrogen and oxygen atoms in total. The summed E-state index contributed by atoms with van der Waals surface area (Å²) in [6.07, 6.45) is 9.73. The Labute approximate surface area is 276 Å². The Kier molecular flexibility index (Phi) is 10.3. The van der Waals surface area contributed by atoms with Gasteiger partial charge in [-0.25, -0.2) is 9.37 Å². The Morgan fingerprint density at radius 1 is 1.14 bits per heavy atom. The number of piperidine rings is 1. The maximum Gasteiger partial charge on any atom is 0.193 e. The van der Waals surface area contributed by atoms with Crippen LogP contribution in [0.2, 0.25) is 5.15 Å². The van der Waals surface area contributed by atoms with Gasteiger partial charge in [-0.15, -0.1) is 0 Å². The van der Waals surface area contributed by atoms with Gasteiger partial charge in [0.2, 0.25) is 0 Å². The van der Waals surface area contributed by atoms with Crippen molar-refractivity contribution in [2.24, 2.45) is 0 Å². The van der Waals surface area contributed by atoms with E-state index in [0.29, 0.717) is 47.8 Å². The normalized spacial score (nSPS) is 17.3. The number of aromatic nitrogens is 3. The molecule has 44 heavy (non-hydrogen) atoms. The van der Waals surface area contributed by atoms with Crippen molar-refractivity contribution < 1.29 is 13.7 Å². The van der Waals surface area contributed by atoms with Gasteiger partial charge in [-0.2, -0.15) is 0 Å². The largest absolute Gasteiger partial charge is 0.488 e. The summed E-state index contributed by atoms with van der Waals surface area (Å²) >= 11 is 8.20. The molecule has 1 aliphatic carbocycles. The number of aryl methyl sites for hydroxylation is 1. The Morgan fingerprint density at radius 3 is 2.75 bits per heavy atom. The van der Waals surface area contributed by atoms with E-state index in [4.69, 9.17) is 20.9 Å². The lowest BCUT2D eigenvalue weighted by Crippen LogP contribution is -2.48. The number of hydrogen-bond acceptors (Lipinski definition) is 7. The van der Waals surface area contributed by atoms with E-state index in [-0.39, 0.29) is 29.9 Å². The first kappa shape index (κ1) is 31.6. The smallest absolute Gasteiger partial charge is 0.193 e. The predicted molar refractivity (Wildman–Crippen MR) is 183 cm³/mol. The first-order valence-electron chi connectivity index (χ1n) is 14.9. The van der Waals surface area contributed by atoms with E-state index in [9.17, 15) is 4.79 Å². The van der Waals surface area contributed by atoms with E-state index in [1.54, 1.807) is 6.07 Å². The Balaban J connectivity index is 1.33. The average Bonchev–Trinajstić information content (AvgIpc) is 3.87. The number of fused-ring (bicyclic) bond motifs is 1. The van der Waals surface area contributed by atoms with Crippen molar-refractivity contribution in [2.45, 2.75) is 57.8 Å². The SMILES string of the molecule is Cc1cc(CN(Cc2cn(C3CC3)c3cc(OCCOPI)c(F)cc3c2=O)C2CCCN(c3ccc(Cl)nc3)C2)ccn1. The topological polar surface area (TPSA) is 72.7 Å². The lowest BCUT2D eigenvalue weighted by molar-refractivity contribution is 0.158. The van der Waals surface area contributed by atoms with Crippen LogP contribution in [0.3, 0.4) is 0 Å². The molecule has 0 spiro atoms. The highest BCUT2D eigenvalue weighted by Crippen LogP contribution is 2.38.